The van der Waals surface area contributed by atoms with Gasteiger partial charge in [-0.2, -0.15) is 0 Å². The predicted molar refractivity (Wildman–Crippen MR) is 107 cm³/mol. The Morgan fingerprint density at radius 2 is 1.67 bits per heavy atom. The zero-order chi connectivity index (χ0) is 18.9. The van der Waals surface area contributed by atoms with Crippen molar-refractivity contribution in [2.45, 2.75) is 11.8 Å². The summed E-state index contributed by atoms with van der Waals surface area (Å²) in [7, 11) is -3.69. The predicted octanol–water partition coefficient (Wildman–Crippen LogP) is 4.41. The third-order valence-corrected chi connectivity index (χ3v) is 5.60. The summed E-state index contributed by atoms with van der Waals surface area (Å²) >= 11 is 0. The molecule has 1 N–H and O–H groups in total. The van der Waals surface area contributed by atoms with Crippen molar-refractivity contribution in [1.29, 1.82) is 0 Å². The molecule has 6 heteroatoms. The second kappa shape index (κ2) is 6.81. The number of anilines is 1. The Balaban J connectivity index is 1.67. The molecule has 4 aromatic rings. The number of sulfonamides is 1. The average molecular weight is 375 g/mol. The third kappa shape index (κ3) is 3.66. The minimum Gasteiger partial charge on any atom is -0.280 e. The molecule has 0 saturated carbocycles. The number of nitrogens with zero attached hydrogens (tertiary/aromatic N) is 2. The van der Waals surface area contributed by atoms with Crippen molar-refractivity contribution in [2.75, 3.05) is 4.72 Å². The first kappa shape index (κ1) is 17.2. The lowest BCUT2D eigenvalue weighted by Crippen LogP contribution is -2.12. The molecule has 4 rings (SSSR count). The second-order valence-electron chi connectivity index (χ2n) is 6.18. The minimum atomic E-state index is -3.69. The molecule has 3 aromatic carbocycles. The quantitative estimate of drug-likeness (QED) is 0.574. The van der Waals surface area contributed by atoms with E-state index in [1.54, 1.807) is 42.6 Å². The first-order chi connectivity index (χ1) is 13.0. The van der Waals surface area contributed by atoms with Crippen molar-refractivity contribution in [3.63, 3.8) is 0 Å². The lowest BCUT2D eigenvalue weighted by molar-refractivity contribution is 0.601. The third-order valence-electron chi connectivity index (χ3n) is 4.22. The van der Waals surface area contributed by atoms with Gasteiger partial charge in [0.25, 0.3) is 10.0 Å². The molecule has 0 aliphatic heterocycles. The van der Waals surface area contributed by atoms with Crippen molar-refractivity contribution in [1.82, 2.24) is 9.97 Å². The van der Waals surface area contributed by atoms with Crippen molar-refractivity contribution in [3.8, 4) is 11.3 Å². The Hall–Kier alpha value is -3.25. The van der Waals surface area contributed by atoms with Crippen molar-refractivity contribution in [3.05, 3.63) is 84.8 Å². The van der Waals surface area contributed by atoms with Gasteiger partial charge in [0.15, 0.2) is 0 Å². The van der Waals surface area contributed by atoms with Gasteiger partial charge in [0.1, 0.15) is 5.82 Å². The normalized spacial score (nSPS) is 11.4. The van der Waals surface area contributed by atoms with Crippen LogP contribution in [-0.4, -0.2) is 18.4 Å². The summed E-state index contributed by atoms with van der Waals surface area (Å²) < 4.78 is 28.3. The largest absolute Gasteiger partial charge is 0.280 e. The van der Waals surface area contributed by atoms with E-state index in [2.05, 4.69) is 14.7 Å². The smallest absolute Gasteiger partial charge is 0.261 e. The van der Waals surface area contributed by atoms with E-state index < -0.39 is 10.0 Å². The number of rotatable bonds is 4. The minimum absolute atomic E-state index is 0.226. The highest BCUT2D eigenvalue weighted by molar-refractivity contribution is 7.92. The van der Waals surface area contributed by atoms with Crippen LogP contribution in [0.15, 0.2) is 83.9 Å². The maximum absolute atomic E-state index is 12.8. The van der Waals surface area contributed by atoms with E-state index in [0.717, 1.165) is 22.0 Å². The summed E-state index contributed by atoms with van der Waals surface area (Å²) in [6.45, 7) is 1.82. The summed E-state index contributed by atoms with van der Waals surface area (Å²) in [4.78, 5) is 8.70. The van der Waals surface area contributed by atoms with Crippen LogP contribution >= 0.6 is 0 Å². The average Bonchev–Trinajstić information content (AvgIpc) is 2.67. The van der Waals surface area contributed by atoms with E-state index >= 15 is 0 Å². The molecule has 134 valence electrons. The zero-order valence-corrected chi connectivity index (χ0v) is 15.4. The Morgan fingerprint density at radius 3 is 2.48 bits per heavy atom. The zero-order valence-electron chi connectivity index (χ0n) is 14.6. The van der Waals surface area contributed by atoms with E-state index in [1.165, 1.54) is 0 Å². The van der Waals surface area contributed by atoms with Crippen LogP contribution in [0.1, 0.15) is 5.82 Å². The second-order valence-corrected chi connectivity index (χ2v) is 7.87. The van der Waals surface area contributed by atoms with Gasteiger partial charge in [-0.15, -0.1) is 0 Å². The Kier molecular flexibility index (Phi) is 4.33. The summed E-state index contributed by atoms with van der Waals surface area (Å²) in [5.74, 6) is 0.662. The Labute approximate surface area is 157 Å². The van der Waals surface area contributed by atoms with E-state index in [4.69, 9.17) is 0 Å². The van der Waals surface area contributed by atoms with Gasteiger partial charge in [-0.3, -0.25) is 4.72 Å². The fourth-order valence-electron chi connectivity index (χ4n) is 2.91. The molecule has 0 aliphatic carbocycles. The number of hydrogen-bond acceptors (Lipinski definition) is 4. The highest BCUT2D eigenvalue weighted by atomic mass is 32.2. The van der Waals surface area contributed by atoms with Crippen LogP contribution in [-0.2, 0) is 10.0 Å². The molecule has 5 nitrogen and oxygen atoms in total. The summed E-state index contributed by atoms with van der Waals surface area (Å²) in [5.41, 5.74) is 2.05. The first-order valence-corrected chi connectivity index (χ1v) is 9.91. The first-order valence-electron chi connectivity index (χ1n) is 8.43. The van der Waals surface area contributed by atoms with Crippen molar-refractivity contribution < 1.29 is 8.42 Å². The fraction of sp³-hybridized carbons (Fsp3) is 0.0476. The van der Waals surface area contributed by atoms with Crippen LogP contribution in [0.25, 0.3) is 22.0 Å². The van der Waals surface area contributed by atoms with Gasteiger partial charge in [0.2, 0.25) is 0 Å². The highest BCUT2D eigenvalue weighted by Gasteiger charge is 2.15. The van der Waals surface area contributed by atoms with Crippen LogP contribution in [0.3, 0.4) is 0 Å². The number of fused-ring (bicyclic) bond motifs is 1. The summed E-state index contributed by atoms with van der Waals surface area (Å²) in [6, 6.07) is 21.7. The molecule has 0 saturated heterocycles. The van der Waals surface area contributed by atoms with Gasteiger partial charge < -0.3 is 0 Å². The number of nitrogens with one attached hydrogen (secondary N) is 1. The van der Waals surface area contributed by atoms with E-state index in [0.29, 0.717) is 11.5 Å². The maximum Gasteiger partial charge on any atom is 0.261 e. The van der Waals surface area contributed by atoms with Gasteiger partial charge in [-0.25, -0.2) is 18.4 Å². The van der Waals surface area contributed by atoms with E-state index in [1.807, 2.05) is 43.3 Å². The van der Waals surface area contributed by atoms with Gasteiger partial charge >= 0.3 is 0 Å². The van der Waals surface area contributed by atoms with Gasteiger partial charge in [0.05, 0.1) is 10.6 Å². The van der Waals surface area contributed by atoms with E-state index in [-0.39, 0.29) is 4.90 Å². The molecule has 0 atom stereocenters. The number of hydrogen-bond donors (Lipinski definition) is 1. The van der Waals surface area contributed by atoms with Gasteiger partial charge in [0, 0.05) is 17.4 Å². The van der Waals surface area contributed by atoms with Crippen LogP contribution < -0.4 is 4.72 Å². The van der Waals surface area contributed by atoms with Crippen molar-refractivity contribution >= 4 is 26.5 Å². The SMILES string of the molecule is Cc1nccc(-c2cccc(NS(=O)(=O)c3ccc4ccccc4c3)c2)n1. The van der Waals surface area contributed by atoms with E-state index in [9.17, 15) is 8.42 Å². The maximum atomic E-state index is 12.8. The lowest BCUT2D eigenvalue weighted by Gasteiger charge is -2.10. The molecule has 1 heterocycles. The molecular formula is C21H17N3O2S. The molecule has 1 aromatic heterocycles. The molecule has 0 amide bonds. The molecule has 0 radical (unpaired) electrons. The standard InChI is InChI=1S/C21H17N3O2S/c1-15-22-12-11-21(23-15)18-7-4-8-19(13-18)24-27(25,26)20-10-9-16-5-2-3-6-17(16)14-20/h2-14,24H,1H3. The lowest BCUT2D eigenvalue weighted by atomic mass is 10.1. The number of aryl methyl sites for hydroxylation is 1. The molecule has 27 heavy (non-hydrogen) atoms. The molecule has 0 unspecified atom stereocenters. The molecule has 0 spiro atoms. The fourth-order valence-corrected chi connectivity index (χ4v) is 3.99. The highest BCUT2D eigenvalue weighted by Crippen LogP contribution is 2.24. The summed E-state index contributed by atoms with van der Waals surface area (Å²) in [5, 5.41) is 1.88. The Bertz CT molecular complexity index is 1240. The molecule has 0 aliphatic rings. The molecule has 0 fully saturated rings. The molecular weight excluding hydrogens is 358 g/mol. The van der Waals surface area contributed by atoms with Gasteiger partial charge in [-0.05, 0) is 48.0 Å². The summed E-state index contributed by atoms with van der Waals surface area (Å²) in [6.07, 6.45) is 1.68. The topological polar surface area (TPSA) is 72.0 Å². The van der Waals surface area contributed by atoms with Crippen molar-refractivity contribution in [2.24, 2.45) is 0 Å². The van der Waals surface area contributed by atoms with Gasteiger partial charge in [-0.1, -0.05) is 42.5 Å². The number of benzene rings is 3. The molecule has 0 bridgehead atoms. The Morgan fingerprint density at radius 1 is 0.852 bits per heavy atom. The van der Waals surface area contributed by atoms with Crippen LogP contribution in [0.4, 0.5) is 5.69 Å². The monoisotopic (exact) mass is 375 g/mol. The van der Waals surface area contributed by atoms with Crippen LogP contribution in [0.5, 0.6) is 0 Å². The van der Waals surface area contributed by atoms with Crippen LogP contribution in [0.2, 0.25) is 0 Å². The van der Waals surface area contributed by atoms with Crippen LogP contribution in [0, 0.1) is 6.92 Å². The number of aromatic nitrogens is 2.